The molecule has 194 valence electrons. The van der Waals surface area contributed by atoms with Crippen LogP contribution in [0.4, 0.5) is 10.7 Å². The number of hydrogen-bond acceptors (Lipinski definition) is 6. The van der Waals surface area contributed by atoms with Crippen LogP contribution in [0.5, 0.6) is 0 Å². The van der Waals surface area contributed by atoms with Crippen molar-refractivity contribution in [1.82, 2.24) is 4.98 Å². The van der Waals surface area contributed by atoms with E-state index < -0.39 is 17.6 Å². The number of aromatic nitrogens is 1. The number of ether oxygens (including phenoxy) is 2. The molecule has 4 aromatic rings. The normalized spacial score (nSPS) is 14.4. The van der Waals surface area contributed by atoms with Crippen molar-refractivity contribution in [3.63, 3.8) is 0 Å². The second-order valence-corrected chi connectivity index (χ2v) is 9.74. The number of rotatable bonds is 7. The smallest absolute Gasteiger partial charge is 0.414 e. The third kappa shape index (κ3) is 5.02. The molecule has 0 aliphatic heterocycles. The summed E-state index contributed by atoms with van der Waals surface area (Å²) >= 11 is 6.22. The van der Waals surface area contributed by atoms with Crippen molar-refractivity contribution < 1.29 is 23.5 Å². The van der Waals surface area contributed by atoms with Gasteiger partial charge in [0.15, 0.2) is 5.89 Å². The Hall–Kier alpha value is -4.10. The summed E-state index contributed by atoms with van der Waals surface area (Å²) in [4.78, 5) is 29.2. The van der Waals surface area contributed by atoms with E-state index in [2.05, 4.69) is 10.3 Å². The Labute approximate surface area is 225 Å². The molecule has 1 aliphatic rings. The lowest BCUT2D eigenvalue weighted by molar-refractivity contribution is -0.143. The molecule has 1 saturated carbocycles. The average molecular weight is 531 g/mol. The molecular weight excluding hydrogens is 504 g/mol. The van der Waals surface area contributed by atoms with Crippen LogP contribution in [0.15, 0.2) is 77.2 Å². The van der Waals surface area contributed by atoms with Gasteiger partial charge in [0.1, 0.15) is 11.8 Å². The summed E-state index contributed by atoms with van der Waals surface area (Å²) in [6.45, 7) is 3.46. The Kier molecular flexibility index (Phi) is 6.95. The highest BCUT2D eigenvalue weighted by Gasteiger charge is 2.52. The van der Waals surface area contributed by atoms with Gasteiger partial charge in [-0.1, -0.05) is 78.3 Å². The molecule has 1 aromatic heterocycles. The quantitative estimate of drug-likeness (QED) is 0.249. The van der Waals surface area contributed by atoms with Crippen LogP contribution >= 0.6 is 11.6 Å². The summed E-state index contributed by atoms with van der Waals surface area (Å²) in [7, 11) is 1.43. The monoisotopic (exact) mass is 530 g/mol. The molecule has 1 heterocycles. The predicted molar refractivity (Wildman–Crippen MR) is 145 cm³/mol. The number of esters is 1. The molecule has 3 aromatic carbocycles. The summed E-state index contributed by atoms with van der Waals surface area (Å²) in [5.41, 5.74) is 4.50. The van der Waals surface area contributed by atoms with Crippen molar-refractivity contribution in [3.05, 3.63) is 94.8 Å². The van der Waals surface area contributed by atoms with Crippen LogP contribution in [0.2, 0.25) is 5.02 Å². The molecule has 0 bridgehead atoms. The van der Waals surface area contributed by atoms with Gasteiger partial charge in [-0.2, -0.15) is 0 Å². The number of halogens is 1. The number of aryl methyl sites for hydroxylation is 1. The molecule has 0 saturated heterocycles. The number of anilines is 1. The second kappa shape index (κ2) is 10.3. The van der Waals surface area contributed by atoms with E-state index in [1.165, 1.54) is 7.11 Å². The van der Waals surface area contributed by atoms with Crippen molar-refractivity contribution in [2.45, 2.75) is 38.2 Å². The molecule has 1 N–H and O–H groups in total. The molecule has 1 aliphatic carbocycles. The van der Waals surface area contributed by atoms with E-state index in [1.807, 2.05) is 66.7 Å². The van der Waals surface area contributed by atoms with Gasteiger partial charge in [-0.3, -0.25) is 10.1 Å². The van der Waals surface area contributed by atoms with E-state index in [9.17, 15) is 9.59 Å². The molecule has 8 heteroatoms. The molecule has 5 rings (SSSR count). The van der Waals surface area contributed by atoms with E-state index in [1.54, 1.807) is 19.9 Å². The highest BCUT2D eigenvalue weighted by molar-refractivity contribution is 6.31. The van der Waals surface area contributed by atoms with E-state index >= 15 is 0 Å². The van der Waals surface area contributed by atoms with Crippen LogP contribution in [0.1, 0.15) is 42.9 Å². The number of hydrogen-bond donors (Lipinski definition) is 1. The lowest BCUT2D eigenvalue weighted by Gasteiger charge is -2.15. The van der Waals surface area contributed by atoms with Gasteiger partial charge in [-0.05, 0) is 42.5 Å². The van der Waals surface area contributed by atoms with Gasteiger partial charge in [0.2, 0.25) is 5.88 Å². The lowest BCUT2D eigenvalue weighted by Crippen LogP contribution is -2.21. The van der Waals surface area contributed by atoms with Crippen LogP contribution in [-0.4, -0.2) is 24.2 Å². The number of amides is 1. The topological polar surface area (TPSA) is 90.7 Å². The first-order valence-electron chi connectivity index (χ1n) is 12.3. The number of nitrogens with one attached hydrogen (secondary N) is 1. The van der Waals surface area contributed by atoms with Gasteiger partial charge in [0, 0.05) is 23.1 Å². The summed E-state index contributed by atoms with van der Waals surface area (Å²) in [5.74, 6) is 0.436. The maximum Gasteiger partial charge on any atom is 0.414 e. The highest BCUT2D eigenvalue weighted by atomic mass is 35.5. The summed E-state index contributed by atoms with van der Waals surface area (Å²) < 4.78 is 16.2. The van der Waals surface area contributed by atoms with Crippen molar-refractivity contribution in [3.8, 4) is 22.4 Å². The molecule has 1 atom stereocenters. The molecule has 0 spiro atoms. The first-order valence-corrected chi connectivity index (χ1v) is 12.7. The van der Waals surface area contributed by atoms with Crippen LogP contribution in [0, 0.1) is 6.92 Å². The Morgan fingerprint density at radius 1 is 0.974 bits per heavy atom. The molecular formula is C30H27ClN2O5. The van der Waals surface area contributed by atoms with Crippen LogP contribution in [0.3, 0.4) is 0 Å². The Morgan fingerprint density at radius 3 is 2.18 bits per heavy atom. The third-order valence-corrected chi connectivity index (χ3v) is 7.18. The fourth-order valence-electron chi connectivity index (χ4n) is 4.59. The van der Waals surface area contributed by atoms with E-state index in [4.69, 9.17) is 25.5 Å². The van der Waals surface area contributed by atoms with Gasteiger partial charge >= 0.3 is 12.1 Å². The lowest BCUT2D eigenvalue weighted by atomic mass is 9.93. The van der Waals surface area contributed by atoms with Gasteiger partial charge in [0.05, 0.1) is 12.5 Å². The molecule has 0 unspecified atom stereocenters. The number of carbonyl (C=O) groups excluding carboxylic acids is 2. The maximum atomic E-state index is 12.6. The number of oxazole rings is 1. The molecule has 7 nitrogen and oxygen atoms in total. The van der Waals surface area contributed by atoms with Crippen molar-refractivity contribution in [2.24, 2.45) is 0 Å². The zero-order valence-electron chi connectivity index (χ0n) is 21.3. The van der Waals surface area contributed by atoms with E-state index in [0.29, 0.717) is 22.2 Å². The largest absolute Gasteiger partial charge is 0.468 e. The van der Waals surface area contributed by atoms with Gasteiger partial charge in [-0.15, -0.1) is 0 Å². The molecule has 1 fully saturated rings. The van der Waals surface area contributed by atoms with Gasteiger partial charge in [-0.25, -0.2) is 9.78 Å². The standard InChI is InChI=1S/C30H27ClN2O5/c1-18(24-6-4-5-7-25(24)31)37-29(35)33-27-26(32-19(2)38-27)22-10-8-20(9-11-22)21-12-14-23(15-13-21)30(16-17-30)28(34)36-3/h4-15,18H,16-17H2,1-3H3,(H,33,35)/t18-/m1/s1. The Balaban J connectivity index is 1.30. The summed E-state index contributed by atoms with van der Waals surface area (Å²) in [6, 6.07) is 23.0. The first kappa shape index (κ1) is 25.5. The van der Waals surface area contributed by atoms with Crippen LogP contribution in [-0.2, 0) is 19.7 Å². The van der Waals surface area contributed by atoms with Crippen molar-refractivity contribution in [1.29, 1.82) is 0 Å². The van der Waals surface area contributed by atoms with Gasteiger partial charge < -0.3 is 13.9 Å². The molecule has 38 heavy (non-hydrogen) atoms. The minimum atomic E-state index is -0.674. The van der Waals surface area contributed by atoms with E-state index in [0.717, 1.165) is 35.1 Å². The van der Waals surface area contributed by atoms with Crippen LogP contribution < -0.4 is 5.32 Å². The number of methoxy groups -OCH3 is 1. The molecule has 1 amide bonds. The first-order chi connectivity index (χ1) is 18.3. The zero-order chi connectivity index (χ0) is 26.9. The number of nitrogens with zero attached hydrogens (tertiary/aromatic N) is 1. The predicted octanol–water partition coefficient (Wildman–Crippen LogP) is 7.48. The van der Waals surface area contributed by atoms with Crippen molar-refractivity contribution in [2.75, 3.05) is 12.4 Å². The Morgan fingerprint density at radius 2 is 1.58 bits per heavy atom. The Bertz CT molecular complexity index is 1470. The van der Waals surface area contributed by atoms with E-state index in [-0.39, 0.29) is 11.9 Å². The van der Waals surface area contributed by atoms with Crippen LogP contribution in [0.25, 0.3) is 22.4 Å². The highest BCUT2D eigenvalue weighted by Crippen LogP contribution is 2.49. The minimum absolute atomic E-state index is 0.177. The summed E-state index contributed by atoms with van der Waals surface area (Å²) in [6.07, 6.45) is 0.401. The number of carbonyl (C=O) groups is 2. The average Bonchev–Trinajstić information content (AvgIpc) is 3.66. The number of benzene rings is 3. The molecule has 0 radical (unpaired) electrons. The fraction of sp³-hybridized carbons (Fsp3) is 0.233. The maximum absolute atomic E-state index is 12.6. The SMILES string of the molecule is COC(=O)C1(c2ccc(-c3ccc(-c4nc(C)oc4NC(=O)O[C@H](C)c4ccccc4Cl)cc3)cc2)CC1. The minimum Gasteiger partial charge on any atom is -0.468 e. The fourth-order valence-corrected chi connectivity index (χ4v) is 4.88. The third-order valence-electron chi connectivity index (χ3n) is 6.83. The zero-order valence-corrected chi connectivity index (χ0v) is 22.0. The van der Waals surface area contributed by atoms with Gasteiger partial charge in [0.25, 0.3) is 0 Å². The summed E-state index contributed by atoms with van der Waals surface area (Å²) in [5, 5.41) is 3.19. The van der Waals surface area contributed by atoms with Crippen molar-refractivity contribution >= 4 is 29.5 Å². The second-order valence-electron chi connectivity index (χ2n) is 9.33.